The second kappa shape index (κ2) is 17.0. The molecule has 1 aliphatic rings. The zero-order valence-corrected chi connectivity index (χ0v) is 22.0. The summed E-state index contributed by atoms with van der Waals surface area (Å²) < 4.78 is 106. The van der Waals surface area contributed by atoms with Crippen molar-refractivity contribution in [1.29, 1.82) is 0 Å². The van der Waals surface area contributed by atoms with E-state index >= 15 is 0 Å². The third-order valence-corrected chi connectivity index (χ3v) is 4.77. The lowest BCUT2D eigenvalue weighted by molar-refractivity contribution is -0.193. The van der Waals surface area contributed by atoms with Gasteiger partial charge in [0.15, 0.2) is 0 Å². The zero-order valence-electron chi connectivity index (χ0n) is 22.0. The van der Waals surface area contributed by atoms with Crippen LogP contribution < -0.4 is 4.74 Å². The minimum Gasteiger partial charge on any atom is -0.481 e. The second-order valence-electron chi connectivity index (χ2n) is 7.91. The van der Waals surface area contributed by atoms with Gasteiger partial charge in [0, 0.05) is 50.9 Å². The SMILES string of the molecule is COCc1cncc2c1CCN(Cc1cccnc1OC)C2.O=C(O)C(F)(F)F.O=C(O)C(F)(F)F.O=C(O)C(F)(F)F. The summed E-state index contributed by atoms with van der Waals surface area (Å²) in [4.78, 5) is 37.7. The van der Waals surface area contributed by atoms with Gasteiger partial charge in [0.1, 0.15) is 0 Å². The highest BCUT2D eigenvalue weighted by molar-refractivity contribution is 5.73. The molecule has 20 heteroatoms. The van der Waals surface area contributed by atoms with Crippen molar-refractivity contribution in [3.8, 4) is 5.88 Å². The smallest absolute Gasteiger partial charge is 0.481 e. The van der Waals surface area contributed by atoms with Crippen LogP contribution in [-0.4, -0.2) is 87.4 Å². The summed E-state index contributed by atoms with van der Waals surface area (Å²) >= 11 is 0. The highest BCUT2D eigenvalue weighted by atomic mass is 19.4. The highest BCUT2D eigenvalue weighted by Crippen LogP contribution is 2.25. The number of methoxy groups -OCH3 is 2. The van der Waals surface area contributed by atoms with Crippen molar-refractivity contribution in [2.75, 3.05) is 20.8 Å². The topological polar surface area (TPSA) is 159 Å². The van der Waals surface area contributed by atoms with E-state index in [4.69, 9.17) is 39.2 Å². The van der Waals surface area contributed by atoms with Gasteiger partial charge in [-0.05, 0) is 29.2 Å². The summed E-state index contributed by atoms with van der Waals surface area (Å²) in [5.41, 5.74) is 5.02. The Morgan fingerprint density at radius 3 is 1.77 bits per heavy atom. The van der Waals surface area contributed by atoms with Crippen LogP contribution in [0.3, 0.4) is 0 Å². The van der Waals surface area contributed by atoms with Gasteiger partial charge in [-0.3, -0.25) is 9.88 Å². The van der Waals surface area contributed by atoms with E-state index in [-0.39, 0.29) is 0 Å². The Morgan fingerprint density at radius 2 is 1.35 bits per heavy atom. The highest BCUT2D eigenvalue weighted by Gasteiger charge is 2.39. The number of hydrogen-bond acceptors (Lipinski definition) is 8. The number of carbonyl (C=O) groups is 3. The molecular formula is C23H24F9N3O8. The molecule has 0 unspecified atom stereocenters. The fourth-order valence-electron chi connectivity index (χ4n) is 3.01. The fourth-order valence-corrected chi connectivity index (χ4v) is 3.01. The van der Waals surface area contributed by atoms with Crippen molar-refractivity contribution in [2.24, 2.45) is 0 Å². The molecule has 242 valence electrons. The number of aromatic nitrogens is 2. The molecule has 3 heterocycles. The van der Waals surface area contributed by atoms with Gasteiger partial charge < -0.3 is 24.8 Å². The molecule has 0 fully saturated rings. The number of fused-ring (bicyclic) bond motifs is 1. The first-order valence-corrected chi connectivity index (χ1v) is 11.2. The first-order chi connectivity index (χ1) is 19.6. The third-order valence-electron chi connectivity index (χ3n) is 4.77. The average Bonchev–Trinajstić information content (AvgIpc) is 2.88. The van der Waals surface area contributed by atoms with Crippen LogP contribution in [0.4, 0.5) is 39.5 Å². The molecule has 0 radical (unpaired) electrons. The molecule has 0 saturated heterocycles. The van der Waals surface area contributed by atoms with Crippen LogP contribution in [0.25, 0.3) is 0 Å². The van der Waals surface area contributed by atoms with Crippen molar-refractivity contribution in [3.63, 3.8) is 0 Å². The lowest BCUT2D eigenvalue weighted by Gasteiger charge is -2.29. The number of rotatable bonds is 5. The van der Waals surface area contributed by atoms with E-state index < -0.39 is 36.4 Å². The normalized spacial score (nSPS) is 13.0. The summed E-state index contributed by atoms with van der Waals surface area (Å²) in [5.74, 6) is -7.56. The molecule has 3 rings (SSSR count). The Morgan fingerprint density at radius 1 is 0.860 bits per heavy atom. The van der Waals surface area contributed by atoms with Crippen LogP contribution in [0.15, 0.2) is 30.7 Å². The van der Waals surface area contributed by atoms with Gasteiger partial charge in [-0.1, -0.05) is 6.07 Å². The van der Waals surface area contributed by atoms with Gasteiger partial charge in [0.2, 0.25) is 5.88 Å². The van der Waals surface area contributed by atoms with E-state index in [0.717, 1.165) is 31.6 Å². The van der Waals surface area contributed by atoms with Crippen molar-refractivity contribution < 1.29 is 78.7 Å². The van der Waals surface area contributed by atoms with Crippen molar-refractivity contribution in [1.82, 2.24) is 14.9 Å². The lowest BCUT2D eigenvalue weighted by Crippen LogP contribution is -2.31. The zero-order chi connectivity index (χ0) is 33.6. The number of ether oxygens (including phenoxy) is 2. The van der Waals surface area contributed by atoms with Crippen LogP contribution >= 0.6 is 0 Å². The Bertz CT molecular complexity index is 1150. The molecule has 0 saturated carbocycles. The molecule has 1 aliphatic heterocycles. The first-order valence-electron chi connectivity index (χ1n) is 11.2. The van der Waals surface area contributed by atoms with E-state index in [1.54, 1.807) is 20.4 Å². The van der Waals surface area contributed by atoms with E-state index in [2.05, 4.69) is 20.9 Å². The number of aliphatic carboxylic acids is 3. The predicted octanol–water partition coefficient (Wildman–Crippen LogP) is 4.09. The van der Waals surface area contributed by atoms with Gasteiger partial charge in [-0.25, -0.2) is 19.4 Å². The number of halogens is 9. The van der Waals surface area contributed by atoms with Gasteiger partial charge in [0.05, 0.1) is 13.7 Å². The van der Waals surface area contributed by atoms with Gasteiger partial charge in [-0.15, -0.1) is 0 Å². The van der Waals surface area contributed by atoms with Gasteiger partial charge in [0.25, 0.3) is 0 Å². The van der Waals surface area contributed by atoms with E-state index in [1.807, 2.05) is 18.5 Å². The van der Waals surface area contributed by atoms with E-state index in [9.17, 15) is 39.5 Å². The minimum atomic E-state index is -5.08. The molecule has 0 aliphatic carbocycles. The summed E-state index contributed by atoms with van der Waals surface area (Å²) in [7, 11) is 3.39. The maximum absolute atomic E-state index is 10.6. The molecule has 0 atom stereocenters. The average molecular weight is 641 g/mol. The molecule has 0 amide bonds. The molecule has 0 spiro atoms. The van der Waals surface area contributed by atoms with Crippen LogP contribution in [-0.2, 0) is 45.2 Å². The summed E-state index contributed by atoms with van der Waals surface area (Å²) in [5, 5.41) is 21.4. The first kappa shape index (κ1) is 38.8. The Kier molecular flexibility index (Phi) is 15.4. The summed E-state index contributed by atoms with van der Waals surface area (Å²) in [6.07, 6.45) is -8.57. The van der Waals surface area contributed by atoms with E-state index in [0.29, 0.717) is 12.5 Å². The monoisotopic (exact) mass is 641 g/mol. The number of nitrogens with zero attached hydrogens (tertiary/aromatic N) is 3. The number of alkyl halides is 9. The van der Waals surface area contributed by atoms with Crippen LogP contribution in [0, 0.1) is 0 Å². The number of pyridine rings is 2. The standard InChI is InChI=1S/C17H21N3O2.3C2HF3O2/c1-21-12-15-9-18-8-14-11-20(7-5-16(14)15)10-13-4-3-6-19-17(13)22-2;3*3-2(4,5)1(6)7/h3-4,6,8-9H,5,7,10-12H2,1-2H3;3*(H,6,7). The largest absolute Gasteiger partial charge is 0.490 e. The molecule has 3 N–H and O–H groups in total. The Balaban J connectivity index is 0.000000690. The summed E-state index contributed by atoms with van der Waals surface area (Å²) in [6, 6.07) is 4.02. The number of carboxylic acids is 3. The minimum absolute atomic E-state index is 0.632. The summed E-state index contributed by atoms with van der Waals surface area (Å²) in [6.45, 7) is 3.39. The molecule has 2 aromatic heterocycles. The fraction of sp³-hybridized carbons (Fsp3) is 0.435. The predicted molar refractivity (Wildman–Crippen MR) is 125 cm³/mol. The maximum atomic E-state index is 10.6. The third kappa shape index (κ3) is 15.0. The Hall–Kier alpha value is -4.20. The van der Waals surface area contributed by atoms with Gasteiger partial charge >= 0.3 is 36.4 Å². The molecule has 43 heavy (non-hydrogen) atoms. The lowest BCUT2D eigenvalue weighted by atomic mass is 9.97. The second-order valence-corrected chi connectivity index (χ2v) is 7.91. The van der Waals surface area contributed by atoms with Crippen LogP contribution in [0.5, 0.6) is 5.88 Å². The number of hydrogen-bond donors (Lipinski definition) is 3. The molecular weight excluding hydrogens is 617 g/mol. The van der Waals surface area contributed by atoms with Gasteiger partial charge in [-0.2, -0.15) is 39.5 Å². The van der Waals surface area contributed by atoms with Crippen LogP contribution in [0.1, 0.15) is 22.3 Å². The quantitative estimate of drug-likeness (QED) is 0.404. The molecule has 2 aromatic rings. The van der Waals surface area contributed by atoms with Crippen molar-refractivity contribution in [2.45, 2.75) is 44.6 Å². The number of carboxylic acid groups (broad SMARTS) is 3. The van der Waals surface area contributed by atoms with Crippen LogP contribution in [0.2, 0.25) is 0 Å². The maximum Gasteiger partial charge on any atom is 0.490 e. The van der Waals surface area contributed by atoms with Crippen molar-refractivity contribution in [3.05, 3.63) is 53.0 Å². The van der Waals surface area contributed by atoms with E-state index in [1.165, 1.54) is 16.7 Å². The Labute approximate surface area is 236 Å². The molecule has 11 nitrogen and oxygen atoms in total. The van der Waals surface area contributed by atoms with Crippen molar-refractivity contribution >= 4 is 17.9 Å². The molecule has 0 aromatic carbocycles. The molecule has 0 bridgehead atoms.